The van der Waals surface area contributed by atoms with E-state index in [9.17, 15) is 19.8 Å². The van der Waals surface area contributed by atoms with Crippen molar-refractivity contribution in [3.05, 3.63) is 29.8 Å². The minimum absolute atomic E-state index is 0.110. The summed E-state index contributed by atoms with van der Waals surface area (Å²) >= 11 is 1.62. The number of likely N-dealkylation sites (tertiary alicyclic amines) is 1. The van der Waals surface area contributed by atoms with Gasteiger partial charge in [0.25, 0.3) is 0 Å². The number of aliphatic carboxylic acids is 1. The van der Waals surface area contributed by atoms with Crippen LogP contribution in [0.25, 0.3) is 0 Å². The molecule has 1 aromatic rings. The van der Waals surface area contributed by atoms with Gasteiger partial charge in [-0.1, -0.05) is 18.2 Å². The summed E-state index contributed by atoms with van der Waals surface area (Å²) in [6, 6.07) is 6.80. The van der Waals surface area contributed by atoms with E-state index < -0.39 is 18.1 Å². The number of hydrogen-bond acceptors (Lipinski definition) is 4. The molecule has 20 heavy (non-hydrogen) atoms. The number of amides is 1. The minimum atomic E-state index is -1.05. The van der Waals surface area contributed by atoms with Gasteiger partial charge in [-0.2, -0.15) is 0 Å². The lowest BCUT2D eigenvalue weighted by molar-refractivity contribution is -0.148. The van der Waals surface area contributed by atoms with Crippen molar-refractivity contribution >= 4 is 23.6 Å². The highest BCUT2D eigenvalue weighted by molar-refractivity contribution is 7.99. The normalized spacial score (nSPS) is 28.4. The van der Waals surface area contributed by atoms with Crippen molar-refractivity contribution < 1.29 is 19.8 Å². The molecule has 1 aromatic carbocycles. The number of thioether (sulfide) groups is 1. The fourth-order valence-corrected chi connectivity index (χ4v) is 4.08. The maximum atomic E-state index is 12.6. The van der Waals surface area contributed by atoms with E-state index in [1.165, 1.54) is 4.90 Å². The number of fused-ring (bicyclic) bond motifs is 1. The molecule has 1 unspecified atom stereocenters. The van der Waals surface area contributed by atoms with Crippen LogP contribution >= 0.6 is 11.8 Å². The molecule has 0 bridgehead atoms. The molecule has 1 fully saturated rings. The molecule has 1 saturated heterocycles. The van der Waals surface area contributed by atoms with Crippen LogP contribution < -0.4 is 0 Å². The molecule has 5 nitrogen and oxygen atoms in total. The number of hydrogen-bond donors (Lipinski definition) is 2. The molecule has 6 heteroatoms. The smallest absolute Gasteiger partial charge is 0.326 e. The van der Waals surface area contributed by atoms with Gasteiger partial charge in [-0.3, -0.25) is 4.79 Å². The van der Waals surface area contributed by atoms with Crippen molar-refractivity contribution in [1.29, 1.82) is 0 Å². The fraction of sp³-hybridized carbons (Fsp3) is 0.429. The van der Waals surface area contributed by atoms with E-state index in [1.54, 1.807) is 11.8 Å². The van der Waals surface area contributed by atoms with Crippen LogP contribution in [0.4, 0.5) is 0 Å². The number of rotatable bonds is 2. The van der Waals surface area contributed by atoms with Gasteiger partial charge in [-0.15, -0.1) is 11.8 Å². The Morgan fingerprint density at radius 2 is 2.05 bits per heavy atom. The molecule has 2 aliphatic heterocycles. The van der Waals surface area contributed by atoms with E-state index in [4.69, 9.17) is 0 Å². The Balaban J connectivity index is 1.85. The van der Waals surface area contributed by atoms with Crippen molar-refractivity contribution in [3.63, 3.8) is 0 Å². The average Bonchev–Trinajstić information content (AvgIpc) is 3.01. The van der Waals surface area contributed by atoms with Crippen molar-refractivity contribution in [2.45, 2.75) is 29.4 Å². The number of carbonyl (C=O) groups is 2. The van der Waals surface area contributed by atoms with E-state index in [1.807, 2.05) is 24.3 Å². The third-order valence-corrected chi connectivity index (χ3v) is 5.03. The fourth-order valence-electron chi connectivity index (χ4n) is 2.86. The summed E-state index contributed by atoms with van der Waals surface area (Å²) in [5.41, 5.74) is 0.966. The van der Waals surface area contributed by atoms with Gasteiger partial charge in [0.1, 0.15) is 6.04 Å². The minimum Gasteiger partial charge on any atom is -0.480 e. The summed E-state index contributed by atoms with van der Waals surface area (Å²) in [6.07, 6.45) is -0.632. The van der Waals surface area contributed by atoms with E-state index in [0.29, 0.717) is 5.75 Å². The van der Waals surface area contributed by atoms with Crippen LogP contribution in [0.1, 0.15) is 17.9 Å². The molecule has 0 aliphatic carbocycles. The van der Waals surface area contributed by atoms with Crippen LogP contribution in [-0.2, 0) is 9.59 Å². The highest BCUT2D eigenvalue weighted by atomic mass is 32.2. The number of carboxylic acids is 1. The summed E-state index contributed by atoms with van der Waals surface area (Å²) in [7, 11) is 0. The zero-order valence-corrected chi connectivity index (χ0v) is 11.5. The number of nitrogens with zero attached hydrogens (tertiary/aromatic N) is 1. The topological polar surface area (TPSA) is 77.8 Å². The lowest BCUT2D eigenvalue weighted by atomic mass is 9.99. The maximum Gasteiger partial charge on any atom is 0.326 e. The first kappa shape index (κ1) is 13.5. The molecule has 0 aromatic heterocycles. The van der Waals surface area contributed by atoms with Crippen LogP contribution in [0.2, 0.25) is 0 Å². The second kappa shape index (κ2) is 5.10. The van der Waals surface area contributed by atoms with Gasteiger partial charge in [-0.25, -0.2) is 4.79 Å². The lowest BCUT2D eigenvalue weighted by Gasteiger charge is -2.24. The first-order valence-electron chi connectivity index (χ1n) is 6.51. The van der Waals surface area contributed by atoms with Crippen molar-refractivity contribution in [2.24, 2.45) is 0 Å². The predicted octanol–water partition coefficient (Wildman–Crippen LogP) is 0.922. The summed E-state index contributed by atoms with van der Waals surface area (Å²) in [5.74, 6) is -0.902. The molecule has 0 spiro atoms. The van der Waals surface area contributed by atoms with Crippen molar-refractivity contribution in [3.8, 4) is 0 Å². The molecule has 3 rings (SSSR count). The Bertz CT molecular complexity index is 562. The maximum absolute atomic E-state index is 12.6. The van der Waals surface area contributed by atoms with Crippen molar-refractivity contribution in [2.75, 3.05) is 12.3 Å². The van der Waals surface area contributed by atoms with Gasteiger partial charge in [-0.05, 0) is 11.6 Å². The van der Waals surface area contributed by atoms with E-state index in [-0.39, 0.29) is 24.8 Å². The first-order chi connectivity index (χ1) is 9.58. The molecule has 1 amide bonds. The summed E-state index contributed by atoms with van der Waals surface area (Å²) in [6.45, 7) is 0.110. The van der Waals surface area contributed by atoms with E-state index in [0.717, 1.165) is 10.5 Å². The van der Waals surface area contributed by atoms with E-state index >= 15 is 0 Å². The Labute approximate surface area is 120 Å². The average molecular weight is 293 g/mol. The number of carboxylic acid groups (broad SMARTS) is 1. The Kier molecular flexibility index (Phi) is 3.43. The molecule has 0 radical (unpaired) electrons. The van der Waals surface area contributed by atoms with Crippen LogP contribution in [0.15, 0.2) is 29.2 Å². The number of aliphatic hydroxyl groups is 1. The lowest BCUT2D eigenvalue weighted by Crippen LogP contribution is -2.43. The second-order valence-electron chi connectivity index (χ2n) is 5.14. The number of carbonyl (C=O) groups excluding carboxylic acids is 1. The zero-order chi connectivity index (χ0) is 14.3. The molecule has 3 atom stereocenters. The standard InChI is InChI=1S/C14H15NO4S/c16-8-5-11(14(18)19)15(6-8)13(17)10-7-20-12-4-2-1-3-9(10)12/h1-4,8,10-11,16H,5-7H2,(H,18,19)/t8-,10?,11+/m1/s1. The van der Waals surface area contributed by atoms with Gasteiger partial charge in [0.15, 0.2) is 0 Å². The highest BCUT2D eigenvalue weighted by Crippen LogP contribution is 2.41. The van der Waals surface area contributed by atoms with Crippen molar-refractivity contribution in [1.82, 2.24) is 4.90 Å². The molecular weight excluding hydrogens is 278 g/mol. The highest BCUT2D eigenvalue weighted by Gasteiger charge is 2.42. The van der Waals surface area contributed by atoms with Gasteiger partial charge in [0.05, 0.1) is 12.0 Å². The predicted molar refractivity (Wildman–Crippen MR) is 73.7 cm³/mol. The largest absolute Gasteiger partial charge is 0.480 e. The number of benzene rings is 1. The quantitative estimate of drug-likeness (QED) is 0.848. The van der Waals surface area contributed by atoms with Crippen LogP contribution in [0.5, 0.6) is 0 Å². The third kappa shape index (κ3) is 2.19. The summed E-state index contributed by atoms with van der Waals surface area (Å²) in [5, 5.41) is 18.8. The van der Waals surface area contributed by atoms with Gasteiger partial charge < -0.3 is 15.1 Å². The monoisotopic (exact) mass is 293 g/mol. The van der Waals surface area contributed by atoms with Gasteiger partial charge >= 0.3 is 5.97 Å². The van der Waals surface area contributed by atoms with Gasteiger partial charge in [0.2, 0.25) is 5.91 Å². The summed E-state index contributed by atoms with van der Waals surface area (Å²) in [4.78, 5) is 26.2. The Morgan fingerprint density at radius 1 is 1.30 bits per heavy atom. The van der Waals surface area contributed by atoms with Gasteiger partial charge in [0, 0.05) is 23.6 Å². The van der Waals surface area contributed by atoms with Crippen LogP contribution in [-0.4, -0.2) is 51.4 Å². The molecular formula is C14H15NO4S. The Hall–Kier alpha value is -1.53. The SMILES string of the molecule is O=C(O)[C@@H]1C[C@@H](O)CN1C(=O)C1CSc2ccccc21. The second-order valence-corrected chi connectivity index (χ2v) is 6.20. The van der Waals surface area contributed by atoms with Crippen LogP contribution in [0, 0.1) is 0 Å². The first-order valence-corrected chi connectivity index (χ1v) is 7.49. The number of aliphatic hydroxyl groups excluding tert-OH is 1. The van der Waals surface area contributed by atoms with Crippen LogP contribution in [0.3, 0.4) is 0 Å². The molecule has 2 heterocycles. The number of β-amino-alcohol motifs (C(OH)–C–C–N with tert-alkyl or cyclic N) is 1. The third-order valence-electron chi connectivity index (χ3n) is 3.85. The molecule has 0 saturated carbocycles. The summed E-state index contributed by atoms with van der Waals surface area (Å²) < 4.78 is 0. The molecule has 106 valence electrons. The molecule has 2 aliphatic rings. The molecule has 2 N–H and O–H groups in total. The Morgan fingerprint density at radius 3 is 2.80 bits per heavy atom. The van der Waals surface area contributed by atoms with E-state index in [2.05, 4.69) is 0 Å². The zero-order valence-electron chi connectivity index (χ0n) is 10.7.